The van der Waals surface area contributed by atoms with E-state index in [0.29, 0.717) is 5.56 Å². The van der Waals surface area contributed by atoms with Crippen molar-refractivity contribution in [1.29, 1.82) is 0 Å². The maximum absolute atomic E-state index is 10.8. The highest BCUT2D eigenvalue weighted by Crippen LogP contribution is 2.21. The standard InChI is InChI=1S/C13H17O2/c1-3-4-6-10(2)11-7-5-8-12(9-11)13(14)15/h5,7-10H,2-4,6H2,1H3,(H,14,15). The van der Waals surface area contributed by atoms with Crippen molar-refractivity contribution in [2.45, 2.75) is 32.1 Å². The summed E-state index contributed by atoms with van der Waals surface area (Å²) in [5.74, 6) is -0.677. The maximum Gasteiger partial charge on any atom is 0.335 e. The van der Waals surface area contributed by atoms with Crippen LogP contribution in [0.5, 0.6) is 0 Å². The molecule has 0 saturated heterocycles. The lowest BCUT2D eigenvalue weighted by molar-refractivity contribution is 0.0697. The number of carbonyl (C=O) groups is 1. The first kappa shape index (κ1) is 11.8. The lowest BCUT2D eigenvalue weighted by Gasteiger charge is -2.11. The van der Waals surface area contributed by atoms with E-state index in [2.05, 4.69) is 13.8 Å². The molecule has 1 aromatic rings. The molecule has 1 atom stereocenters. The molecule has 1 rings (SSSR count). The van der Waals surface area contributed by atoms with Gasteiger partial charge in [-0.05, 0) is 37.0 Å². The van der Waals surface area contributed by atoms with Crippen LogP contribution in [0.3, 0.4) is 0 Å². The minimum atomic E-state index is -0.875. The third-order valence-corrected chi connectivity index (χ3v) is 2.51. The first-order chi connectivity index (χ1) is 7.15. The molecular weight excluding hydrogens is 188 g/mol. The van der Waals surface area contributed by atoms with Crippen molar-refractivity contribution in [3.8, 4) is 0 Å². The van der Waals surface area contributed by atoms with E-state index < -0.39 is 5.97 Å². The molecule has 0 fully saturated rings. The quantitative estimate of drug-likeness (QED) is 0.798. The van der Waals surface area contributed by atoms with Crippen LogP contribution in [-0.4, -0.2) is 11.1 Å². The van der Waals surface area contributed by atoms with Gasteiger partial charge >= 0.3 is 5.97 Å². The summed E-state index contributed by atoms with van der Waals surface area (Å²) in [6, 6.07) is 7.05. The van der Waals surface area contributed by atoms with Crippen molar-refractivity contribution in [3.63, 3.8) is 0 Å². The van der Waals surface area contributed by atoms with E-state index in [9.17, 15) is 4.79 Å². The van der Waals surface area contributed by atoms with Crippen molar-refractivity contribution >= 4 is 5.97 Å². The molecule has 0 aliphatic carbocycles. The molecule has 15 heavy (non-hydrogen) atoms. The molecule has 0 aromatic heterocycles. The largest absolute Gasteiger partial charge is 0.478 e. The molecule has 1 unspecified atom stereocenters. The topological polar surface area (TPSA) is 37.3 Å². The first-order valence-corrected chi connectivity index (χ1v) is 5.31. The van der Waals surface area contributed by atoms with Crippen LogP contribution in [0, 0.1) is 6.92 Å². The lowest BCUT2D eigenvalue weighted by atomic mass is 9.94. The molecule has 1 radical (unpaired) electrons. The highest BCUT2D eigenvalue weighted by molar-refractivity contribution is 5.87. The van der Waals surface area contributed by atoms with Gasteiger partial charge in [0.1, 0.15) is 0 Å². The van der Waals surface area contributed by atoms with E-state index in [-0.39, 0.29) is 5.92 Å². The minimum Gasteiger partial charge on any atom is -0.478 e. The van der Waals surface area contributed by atoms with Gasteiger partial charge in [-0.15, -0.1) is 0 Å². The first-order valence-electron chi connectivity index (χ1n) is 5.31. The molecule has 0 aliphatic heterocycles. The summed E-state index contributed by atoms with van der Waals surface area (Å²) in [4.78, 5) is 10.8. The highest BCUT2D eigenvalue weighted by Gasteiger charge is 2.08. The van der Waals surface area contributed by atoms with Crippen molar-refractivity contribution in [2.24, 2.45) is 0 Å². The summed E-state index contributed by atoms with van der Waals surface area (Å²) in [5, 5.41) is 8.85. The molecule has 1 N–H and O–H groups in total. The molecule has 0 saturated carbocycles. The molecular formula is C13H17O2. The van der Waals surface area contributed by atoms with Gasteiger partial charge in [0.2, 0.25) is 0 Å². The normalized spacial score (nSPS) is 12.4. The molecule has 0 spiro atoms. The van der Waals surface area contributed by atoms with Crippen LogP contribution in [0.1, 0.15) is 48.0 Å². The SMILES string of the molecule is [CH2]C(CCCC)c1cccc(C(=O)O)c1. The van der Waals surface area contributed by atoms with E-state index >= 15 is 0 Å². The van der Waals surface area contributed by atoms with Gasteiger partial charge in [0.25, 0.3) is 0 Å². The van der Waals surface area contributed by atoms with Gasteiger partial charge in [-0.1, -0.05) is 31.9 Å². The van der Waals surface area contributed by atoms with Crippen LogP contribution < -0.4 is 0 Å². The molecule has 2 heteroatoms. The van der Waals surface area contributed by atoms with Crippen LogP contribution in [-0.2, 0) is 0 Å². The van der Waals surface area contributed by atoms with Crippen LogP contribution in [0.2, 0.25) is 0 Å². The summed E-state index contributed by atoms with van der Waals surface area (Å²) < 4.78 is 0. The maximum atomic E-state index is 10.8. The summed E-state index contributed by atoms with van der Waals surface area (Å²) in [7, 11) is 0. The van der Waals surface area contributed by atoms with Gasteiger partial charge in [-0.2, -0.15) is 0 Å². The Morgan fingerprint density at radius 3 is 2.87 bits per heavy atom. The van der Waals surface area contributed by atoms with Crippen LogP contribution in [0.15, 0.2) is 24.3 Å². The molecule has 1 aromatic carbocycles. The fourth-order valence-corrected chi connectivity index (χ4v) is 1.54. The summed E-state index contributed by atoms with van der Waals surface area (Å²) >= 11 is 0. The zero-order valence-electron chi connectivity index (χ0n) is 9.07. The van der Waals surface area contributed by atoms with Gasteiger partial charge in [0.05, 0.1) is 5.56 Å². The smallest absolute Gasteiger partial charge is 0.335 e. The fourth-order valence-electron chi connectivity index (χ4n) is 1.54. The molecule has 0 heterocycles. The predicted octanol–water partition coefficient (Wildman–Crippen LogP) is 3.49. The highest BCUT2D eigenvalue weighted by atomic mass is 16.4. The Bertz CT molecular complexity index is 331. The van der Waals surface area contributed by atoms with Crippen LogP contribution in [0.25, 0.3) is 0 Å². The second-order valence-corrected chi connectivity index (χ2v) is 3.77. The van der Waals surface area contributed by atoms with Crippen LogP contribution in [0.4, 0.5) is 0 Å². The van der Waals surface area contributed by atoms with Crippen LogP contribution >= 0.6 is 0 Å². The minimum absolute atomic E-state index is 0.198. The van der Waals surface area contributed by atoms with E-state index in [4.69, 9.17) is 5.11 Å². The van der Waals surface area contributed by atoms with E-state index in [0.717, 1.165) is 24.8 Å². The van der Waals surface area contributed by atoms with E-state index in [1.807, 2.05) is 6.07 Å². The number of hydrogen-bond acceptors (Lipinski definition) is 1. The Hall–Kier alpha value is -1.31. The number of carboxylic acid groups (broad SMARTS) is 1. The van der Waals surface area contributed by atoms with Crippen molar-refractivity contribution in [2.75, 3.05) is 0 Å². The van der Waals surface area contributed by atoms with Gasteiger partial charge in [0, 0.05) is 0 Å². The Kier molecular flexibility index (Phi) is 4.35. The summed E-state index contributed by atoms with van der Waals surface area (Å²) in [5.41, 5.74) is 1.36. The molecule has 0 amide bonds. The average Bonchev–Trinajstić information content (AvgIpc) is 2.26. The Morgan fingerprint density at radius 2 is 2.27 bits per heavy atom. The second kappa shape index (κ2) is 5.54. The molecule has 0 aliphatic rings. The summed E-state index contributed by atoms with van der Waals surface area (Å²) in [6.45, 7) is 6.19. The Balaban J connectivity index is 2.76. The number of aromatic carboxylic acids is 1. The predicted molar refractivity (Wildman–Crippen MR) is 61.0 cm³/mol. The number of rotatable bonds is 5. The van der Waals surface area contributed by atoms with Gasteiger partial charge in [-0.3, -0.25) is 0 Å². The Morgan fingerprint density at radius 1 is 1.53 bits per heavy atom. The third-order valence-electron chi connectivity index (χ3n) is 2.51. The average molecular weight is 205 g/mol. The zero-order valence-corrected chi connectivity index (χ0v) is 9.07. The van der Waals surface area contributed by atoms with Gasteiger partial charge in [0.15, 0.2) is 0 Å². The van der Waals surface area contributed by atoms with Gasteiger partial charge in [-0.25, -0.2) is 4.79 Å². The number of unbranched alkanes of at least 4 members (excludes halogenated alkanes) is 1. The Labute approximate surface area is 90.9 Å². The van der Waals surface area contributed by atoms with Crippen molar-refractivity contribution < 1.29 is 9.90 Å². The van der Waals surface area contributed by atoms with E-state index in [1.54, 1.807) is 18.2 Å². The number of hydrogen-bond donors (Lipinski definition) is 1. The van der Waals surface area contributed by atoms with Crippen molar-refractivity contribution in [3.05, 3.63) is 42.3 Å². The summed E-state index contributed by atoms with van der Waals surface area (Å²) in [6.07, 6.45) is 3.29. The second-order valence-electron chi connectivity index (χ2n) is 3.77. The van der Waals surface area contributed by atoms with E-state index in [1.165, 1.54) is 0 Å². The monoisotopic (exact) mass is 205 g/mol. The van der Waals surface area contributed by atoms with Crippen molar-refractivity contribution in [1.82, 2.24) is 0 Å². The number of carboxylic acids is 1. The number of benzene rings is 1. The third kappa shape index (κ3) is 3.39. The fraction of sp³-hybridized carbons (Fsp3) is 0.385. The molecule has 81 valence electrons. The van der Waals surface area contributed by atoms with Gasteiger partial charge < -0.3 is 5.11 Å². The molecule has 2 nitrogen and oxygen atoms in total. The zero-order chi connectivity index (χ0) is 11.3. The molecule has 0 bridgehead atoms. The lowest BCUT2D eigenvalue weighted by Crippen LogP contribution is -2.00.